The molecule has 0 aliphatic carbocycles. The molecule has 2 aromatic heterocycles. The van der Waals surface area contributed by atoms with Crippen LogP contribution < -0.4 is 21.5 Å². The van der Waals surface area contributed by atoms with Crippen LogP contribution in [-0.4, -0.2) is 33.6 Å². The second kappa shape index (κ2) is 8.30. The van der Waals surface area contributed by atoms with Crippen LogP contribution in [0.15, 0.2) is 46.1 Å². The first-order valence-corrected chi connectivity index (χ1v) is 9.51. The Morgan fingerprint density at radius 2 is 1.83 bits per heavy atom. The second-order valence-corrected chi connectivity index (χ2v) is 7.08. The van der Waals surface area contributed by atoms with Gasteiger partial charge in [0.15, 0.2) is 0 Å². The van der Waals surface area contributed by atoms with E-state index >= 15 is 0 Å². The fourth-order valence-corrected chi connectivity index (χ4v) is 3.13. The summed E-state index contributed by atoms with van der Waals surface area (Å²) in [7, 11) is 4.99. The summed E-state index contributed by atoms with van der Waals surface area (Å²) in [6, 6.07) is 8.90. The number of carbonyl (C=O) groups excluding carboxylic acids is 1. The van der Waals surface area contributed by atoms with E-state index in [1.54, 1.807) is 19.2 Å². The second-order valence-electron chi connectivity index (χ2n) is 7.08. The molecule has 0 atom stereocenters. The summed E-state index contributed by atoms with van der Waals surface area (Å²) in [5.41, 5.74) is 1.32. The maximum atomic E-state index is 12.6. The number of fused-ring (bicyclic) bond motifs is 1. The molecule has 3 aromatic rings. The summed E-state index contributed by atoms with van der Waals surface area (Å²) in [6.45, 7) is 3.11. The lowest BCUT2D eigenvalue weighted by Crippen LogP contribution is -2.37. The van der Waals surface area contributed by atoms with Gasteiger partial charge in [-0.1, -0.05) is 13.3 Å². The van der Waals surface area contributed by atoms with Crippen molar-refractivity contribution < 1.29 is 4.79 Å². The summed E-state index contributed by atoms with van der Waals surface area (Å²) >= 11 is 0. The maximum Gasteiger partial charge on any atom is 0.332 e. The highest BCUT2D eigenvalue weighted by Gasteiger charge is 2.12. The zero-order chi connectivity index (χ0) is 21.1. The SMILES string of the molecule is CCCCN(C)c1ccc(C(=O)Nc2cnc3c(c2)c(=O)n(C)c(=O)n3C)cc1. The number of unbranched alkanes of at least 4 members (excludes halogenated alkanes) is 1. The van der Waals surface area contributed by atoms with Gasteiger partial charge in [-0.05, 0) is 36.8 Å². The van der Waals surface area contributed by atoms with Gasteiger partial charge in [-0.15, -0.1) is 0 Å². The zero-order valence-electron chi connectivity index (χ0n) is 17.1. The van der Waals surface area contributed by atoms with Crippen molar-refractivity contribution in [3.8, 4) is 0 Å². The fourth-order valence-electron chi connectivity index (χ4n) is 3.13. The number of nitrogens with one attached hydrogen (secondary N) is 1. The van der Waals surface area contributed by atoms with E-state index in [4.69, 9.17) is 0 Å². The van der Waals surface area contributed by atoms with E-state index in [0.29, 0.717) is 11.3 Å². The molecular formula is C21H25N5O3. The van der Waals surface area contributed by atoms with Gasteiger partial charge in [0, 0.05) is 38.9 Å². The molecule has 1 aromatic carbocycles. The van der Waals surface area contributed by atoms with Crippen LogP contribution in [0.4, 0.5) is 11.4 Å². The molecule has 0 aliphatic heterocycles. The van der Waals surface area contributed by atoms with Gasteiger partial charge in [-0.2, -0.15) is 0 Å². The predicted molar refractivity (Wildman–Crippen MR) is 115 cm³/mol. The number of nitrogens with zero attached hydrogens (tertiary/aromatic N) is 4. The summed E-state index contributed by atoms with van der Waals surface area (Å²) in [6.07, 6.45) is 3.67. The molecule has 8 heteroatoms. The van der Waals surface area contributed by atoms with Crippen molar-refractivity contribution in [1.29, 1.82) is 0 Å². The van der Waals surface area contributed by atoms with Crippen molar-refractivity contribution in [3.05, 3.63) is 62.9 Å². The van der Waals surface area contributed by atoms with Crippen LogP contribution in [0, 0.1) is 0 Å². The number of rotatable bonds is 6. The van der Waals surface area contributed by atoms with Gasteiger partial charge >= 0.3 is 5.69 Å². The maximum absolute atomic E-state index is 12.6. The van der Waals surface area contributed by atoms with E-state index in [1.807, 2.05) is 19.2 Å². The quantitative estimate of drug-likeness (QED) is 0.691. The van der Waals surface area contributed by atoms with E-state index in [0.717, 1.165) is 29.6 Å². The van der Waals surface area contributed by atoms with E-state index in [1.165, 1.54) is 23.9 Å². The minimum atomic E-state index is -0.453. The van der Waals surface area contributed by atoms with Gasteiger partial charge in [-0.3, -0.25) is 18.7 Å². The molecule has 0 fully saturated rings. The van der Waals surface area contributed by atoms with Crippen molar-refractivity contribution in [1.82, 2.24) is 14.1 Å². The molecule has 1 N–H and O–H groups in total. The van der Waals surface area contributed by atoms with E-state index in [2.05, 4.69) is 22.1 Å². The summed E-state index contributed by atoms with van der Waals surface area (Å²) < 4.78 is 2.32. The number of aromatic nitrogens is 3. The molecule has 0 bridgehead atoms. The first-order chi connectivity index (χ1) is 13.8. The molecule has 1 amide bonds. The van der Waals surface area contributed by atoms with E-state index in [-0.39, 0.29) is 16.9 Å². The third kappa shape index (κ3) is 4.06. The van der Waals surface area contributed by atoms with E-state index < -0.39 is 11.2 Å². The van der Waals surface area contributed by atoms with Crippen molar-refractivity contribution in [2.75, 3.05) is 23.8 Å². The highest BCUT2D eigenvalue weighted by molar-refractivity contribution is 6.05. The number of hydrogen-bond donors (Lipinski definition) is 1. The third-order valence-corrected chi connectivity index (χ3v) is 4.97. The molecule has 0 radical (unpaired) electrons. The van der Waals surface area contributed by atoms with Crippen molar-refractivity contribution in [2.45, 2.75) is 19.8 Å². The predicted octanol–water partition coefficient (Wildman–Crippen LogP) is 2.12. The number of carbonyl (C=O) groups is 1. The molecule has 2 heterocycles. The Hall–Kier alpha value is -3.42. The van der Waals surface area contributed by atoms with Crippen LogP contribution in [-0.2, 0) is 14.1 Å². The van der Waals surface area contributed by atoms with Crippen LogP contribution in [0.2, 0.25) is 0 Å². The monoisotopic (exact) mass is 395 g/mol. The lowest BCUT2D eigenvalue weighted by molar-refractivity contribution is 0.102. The molecule has 0 spiro atoms. The molecular weight excluding hydrogens is 370 g/mol. The highest BCUT2D eigenvalue weighted by Crippen LogP contribution is 2.17. The number of anilines is 2. The number of aryl methyl sites for hydroxylation is 1. The zero-order valence-corrected chi connectivity index (χ0v) is 17.1. The van der Waals surface area contributed by atoms with Crippen molar-refractivity contribution >= 4 is 28.3 Å². The normalized spacial score (nSPS) is 10.9. The molecule has 0 aliphatic rings. The van der Waals surface area contributed by atoms with Gasteiger partial charge < -0.3 is 10.2 Å². The molecule has 8 nitrogen and oxygen atoms in total. The van der Waals surface area contributed by atoms with Gasteiger partial charge in [-0.25, -0.2) is 9.78 Å². The lowest BCUT2D eigenvalue weighted by Gasteiger charge is -2.19. The molecule has 3 rings (SSSR count). The Morgan fingerprint density at radius 3 is 2.48 bits per heavy atom. The third-order valence-electron chi connectivity index (χ3n) is 4.97. The topological polar surface area (TPSA) is 89.2 Å². The average Bonchev–Trinajstić information content (AvgIpc) is 2.74. The Balaban J connectivity index is 1.83. The van der Waals surface area contributed by atoms with Crippen LogP contribution in [0.5, 0.6) is 0 Å². The first-order valence-electron chi connectivity index (χ1n) is 9.51. The van der Waals surface area contributed by atoms with Gasteiger partial charge in [0.2, 0.25) is 0 Å². The van der Waals surface area contributed by atoms with Crippen molar-refractivity contribution in [3.63, 3.8) is 0 Å². The summed E-state index contributed by atoms with van der Waals surface area (Å²) in [5.74, 6) is -0.296. The number of amides is 1. The lowest BCUT2D eigenvalue weighted by atomic mass is 10.1. The fraction of sp³-hybridized carbons (Fsp3) is 0.333. The van der Waals surface area contributed by atoms with Crippen LogP contribution in [0.3, 0.4) is 0 Å². The van der Waals surface area contributed by atoms with Crippen LogP contribution in [0.1, 0.15) is 30.1 Å². The van der Waals surface area contributed by atoms with Gasteiger partial charge in [0.1, 0.15) is 5.65 Å². The highest BCUT2D eigenvalue weighted by atomic mass is 16.2. The molecule has 0 saturated carbocycles. The van der Waals surface area contributed by atoms with Crippen LogP contribution >= 0.6 is 0 Å². The summed E-state index contributed by atoms with van der Waals surface area (Å²) in [5, 5.41) is 3.03. The Morgan fingerprint density at radius 1 is 1.14 bits per heavy atom. The number of benzene rings is 1. The van der Waals surface area contributed by atoms with E-state index in [9.17, 15) is 14.4 Å². The minimum absolute atomic E-state index is 0.264. The number of pyridine rings is 1. The molecule has 0 saturated heterocycles. The largest absolute Gasteiger partial charge is 0.375 e. The van der Waals surface area contributed by atoms with Gasteiger partial charge in [0.05, 0.1) is 17.3 Å². The molecule has 152 valence electrons. The standard InChI is InChI=1S/C21H25N5O3/c1-5-6-11-24(2)16-9-7-14(8-10-16)19(27)23-15-12-17-18(22-13-15)25(3)21(29)26(4)20(17)28/h7-10,12-13H,5-6,11H2,1-4H3,(H,23,27). The first kappa shape index (κ1) is 20.3. The smallest absolute Gasteiger partial charge is 0.332 e. The Kier molecular flexibility index (Phi) is 5.81. The Labute approximate surface area is 168 Å². The Bertz CT molecular complexity index is 1160. The minimum Gasteiger partial charge on any atom is -0.375 e. The van der Waals surface area contributed by atoms with Crippen molar-refractivity contribution in [2.24, 2.45) is 14.1 Å². The molecule has 0 unspecified atom stereocenters. The van der Waals surface area contributed by atoms with Crippen LogP contribution in [0.25, 0.3) is 11.0 Å². The molecule has 29 heavy (non-hydrogen) atoms. The average molecular weight is 395 g/mol. The van der Waals surface area contributed by atoms with Gasteiger partial charge in [0.25, 0.3) is 11.5 Å². The number of hydrogen-bond acceptors (Lipinski definition) is 5. The summed E-state index contributed by atoms with van der Waals surface area (Å²) in [4.78, 5) is 43.3.